The van der Waals surface area contributed by atoms with Crippen LogP contribution in [0.3, 0.4) is 0 Å². The largest absolute Gasteiger partial charge is 0.385 e. The van der Waals surface area contributed by atoms with Gasteiger partial charge >= 0.3 is 0 Å². The van der Waals surface area contributed by atoms with Gasteiger partial charge in [0, 0.05) is 31.6 Å². The molecule has 2 N–H and O–H groups in total. The lowest BCUT2D eigenvalue weighted by Gasteiger charge is -2.08. The van der Waals surface area contributed by atoms with E-state index in [1.165, 1.54) is 0 Å². The molecule has 0 aromatic carbocycles. The number of hydrogen-bond donors (Lipinski definition) is 2. The second-order valence-electron chi connectivity index (χ2n) is 4.84. The topological polar surface area (TPSA) is 63.2 Å². The number of amides is 1. The Morgan fingerprint density at radius 3 is 2.90 bits per heavy atom. The van der Waals surface area contributed by atoms with Gasteiger partial charge < -0.3 is 15.4 Å². The van der Waals surface area contributed by atoms with Gasteiger partial charge in [-0.25, -0.2) is 0 Å². The van der Waals surface area contributed by atoms with Gasteiger partial charge in [0.15, 0.2) is 0 Å². The standard InChI is InChI=1S/C15H25N3O2/c1-4-16-13-7-9-17-14(11-13)15(19)18-8-5-6-10-20-12(2)3/h7,9,11-12H,4-6,8,10H2,1-3H3,(H,16,17)(H,18,19). The Kier molecular flexibility index (Phi) is 7.65. The number of pyridine rings is 1. The second kappa shape index (κ2) is 9.31. The Morgan fingerprint density at radius 1 is 1.40 bits per heavy atom. The number of hydrogen-bond acceptors (Lipinski definition) is 4. The van der Waals surface area contributed by atoms with Crippen molar-refractivity contribution in [3.05, 3.63) is 24.0 Å². The number of nitrogens with zero attached hydrogens (tertiary/aromatic N) is 1. The third kappa shape index (κ3) is 6.52. The Labute approximate surface area is 121 Å². The van der Waals surface area contributed by atoms with E-state index in [-0.39, 0.29) is 12.0 Å². The highest BCUT2D eigenvalue weighted by Gasteiger charge is 2.06. The van der Waals surface area contributed by atoms with Crippen molar-refractivity contribution in [2.24, 2.45) is 0 Å². The van der Waals surface area contributed by atoms with Crippen LogP contribution in [0.4, 0.5) is 5.69 Å². The maximum Gasteiger partial charge on any atom is 0.269 e. The summed E-state index contributed by atoms with van der Waals surface area (Å²) in [7, 11) is 0. The van der Waals surface area contributed by atoms with Gasteiger partial charge in [-0.2, -0.15) is 0 Å². The first-order valence-electron chi connectivity index (χ1n) is 7.23. The van der Waals surface area contributed by atoms with Crippen LogP contribution in [0.5, 0.6) is 0 Å². The highest BCUT2D eigenvalue weighted by Crippen LogP contribution is 2.07. The predicted molar refractivity (Wildman–Crippen MR) is 81.1 cm³/mol. The van der Waals surface area contributed by atoms with Gasteiger partial charge in [0.25, 0.3) is 5.91 Å². The summed E-state index contributed by atoms with van der Waals surface area (Å²) in [5.74, 6) is -0.130. The summed E-state index contributed by atoms with van der Waals surface area (Å²) in [6.45, 7) is 8.25. The van der Waals surface area contributed by atoms with Crippen LogP contribution < -0.4 is 10.6 Å². The molecule has 0 atom stereocenters. The van der Waals surface area contributed by atoms with Crippen molar-refractivity contribution in [3.63, 3.8) is 0 Å². The van der Waals surface area contributed by atoms with Gasteiger partial charge in [-0.3, -0.25) is 9.78 Å². The summed E-state index contributed by atoms with van der Waals surface area (Å²) < 4.78 is 5.44. The zero-order chi connectivity index (χ0) is 14.8. The van der Waals surface area contributed by atoms with Gasteiger partial charge in [0.1, 0.15) is 5.69 Å². The molecular formula is C15H25N3O2. The van der Waals surface area contributed by atoms with E-state index in [2.05, 4.69) is 15.6 Å². The van der Waals surface area contributed by atoms with E-state index in [4.69, 9.17) is 4.74 Å². The number of rotatable bonds is 9. The van der Waals surface area contributed by atoms with Gasteiger partial charge in [0.05, 0.1) is 6.10 Å². The molecule has 1 heterocycles. The van der Waals surface area contributed by atoms with E-state index >= 15 is 0 Å². The molecule has 0 aliphatic rings. The lowest BCUT2D eigenvalue weighted by Crippen LogP contribution is -2.25. The zero-order valence-corrected chi connectivity index (χ0v) is 12.6. The van der Waals surface area contributed by atoms with Crippen molar-refractivity contribution in [1.82, 2.24) is 10.3 Å². The minimum absolute atomic E-state index is 0.130. The Hall–Kier alpha value is -1.62. The first kappa shape index (κ1) is 16.4. The molecule has 0 aliphatic carbocycles. The van der Waals surface area contributed by atoms with Crippen LogP contribution in [0.15, 0.2) is 18.3 Å². The van der Waals surface area contributed by atoms with Gasteiger partial charge in [-0.1, -0.05) is 0 Å². The van der Waals surface area contributed by atoms with Crippen LogP contribution in [-0.2, 0) is 4.74 Å². The molecule has 1 rings (SSSR count). The fourth-order valence-corrected chi connectivity index (χ4v) is 1.71. The second-order valence-corrected chi connectivity index (χ2v) is 4.84. The van der Waals surface area contributed by atoms with Crippen LogP contribution in [0.1, 0.15) is 44.1 Å². The monoisotopic (exact) mass is 279 g/mol. The SMILES string of the molecule is CCNc1ccnc(C(=O)NCCCCOC(C)C)c1. The van der Waals surface area contributed by atoms with E-state index < -0.39 is 0 Å². The first-order chi connectivity index (χ1) is 9.63. The molecule has 0 unspecified atom stereocenters. The summed E-state index contributed by atoms with van der Waals surface area (Å²) in [5.41, 5.74) is 1.36. The van der Waals surface area contributed by atoms with E-state index in [0.29, 0.717) is 12.2 Å². The number of ether oxygens (including phenoxy) is 1. The van der Waals surface area contributed by atoms with Crippen LogP contribution in [0, 0.1) is 0 Å². The van der Waals surface area contributed by atoms with Crippen molar-refractivity contribution >= 4 is 11.6 Å². The lowest BCUT2D eigenvalue weighted by atomic mass is 10.2. The van der Waals surface area contributed by atoms with E-state index in [9.17, 15) is 4.79 Å². The van der Waals surface area contributed by atoms with E-state index in [1.54, 1.807) is 12.3 Å². The molecule has 1 amide bonds. The fraction of sp³-hybridized carbons (Fsp3) is 0.600. The maximum absolute atomic E-state index is 11.9. The first-order valence-corrected chi connectivity index (χ1v) is 7.23. The zero-order valence-electron chi connectivity index (χ0n) is 12.6. The summed E-state index contributed by atoms with van der Waals surface area (Å²) in [6, 6.07) is 3.62. The minimum atomic E-state index is -0.130. The Bertz CT molecular complexity index is 408. The molecule has 0 spiro atoms. The molecule has 5 heteroatoms. The number of carbonyl (C=O) groups excluding carboxylic acids is 1. The Morgan fingerprint density at radius 2 is 2.20 bits per heavy atom. The summed E-state index contributed by atoms with van der Waals surface area (Å²) in [4.78, 5) is 16.0. The molecule has 20 heavy (non-hydrogen) atoms. The third-order valence-electron chi connectivity index (χ3n) is 2.68. The summed E-state index contributed by atoms with van der Waals surface area (Å²) >= 11 is 0. The quantitative estimate of drug-likeness (QED) is 0.682. The average Bonchev–Trinajstić information content (AvgIpc) is 2.43. The maximum atomic E-state index is 11.9. The van der Waals surface area contributed by atoms with Crippen LogP contribution >= 0.6 is 0 Å². The number of unbranched alkanes of at least 4 members (excludes halogenated alkanes) is 1. The molecule has 5 nitrogen and oxygen atoms in total. The van der Waals surface area contributed by atoms with Crippen LogP contribution in [-0.4, -0.2) is 36.7 Å². The minimum Gasteiger partial charge on any atom is -0.385 e. The van der Waals surface area contributed by atoms with Crippen molar-refractivity contribution in [2.75, 3.05) is 25.0 Å². The van der Waals surface area contributed by atoms with Crippen LogP contribution in [0.25, 0.3) is 0 Å². The smallest absolute Gasteiger partial charge is 0.269 e. The number of carbonyl (C=O) groups is 1. The molecule has 0 fully saturated rings. The molecule has 0 aliphatic heterocycles. The number of nitrogens with one attached hydrogen (secondary N) is 2. The molecule has 0 radical (unpaired) electrons. The summed E-state index contributed by atoms with van der Waals surface area (Å²) in [6.07, 6.45) is 3.76. The number of aromatic nitrogens is 1. The van der Waals surface area contributed by atoms with Crippen molar-refractivity contribution in [2.45, 2.75) is 39.7 Å². The highest BCUT2D eigenvalue weighted by molar-refractivity contribution is 5.93. The molecule has 0 saturated carbocycles. The molecule has 0 bridgehead atoms. The van der Waals surface area contributed by atoms with Gasteiger partial charge in [0.2, 0.25) is 0 Å². The molecule has 112 valence electrons. The van der Waals surface area contributed by atoms with Gasteiger partial charge in [-0.05, 0) is 45.7 Å². The van der Waals surface area contributed by atoms with Crippen molar-refractivity contribution in [3.8, 4) is 0 Å². The van der Waals surface area contributed by atoms with Crippen molar-refractivity contribution < 1.29 is 9.53 Å². The van der Waals surface area contributed by atoms with Gasteiger partial charge in [-0.15, -0.1) is 0 Å². The van der Waals surface area contributed by atoms with Crippen LogP contribution in [0.2, 0.25) is 0 Å². The Balaban J connectivity index is 2.27. The van der Waals surface area contributed by atoms with E-state index in [1.807, 2.05) is 26.8 Å². The predicted octanol–water partition coefficient (Wildman–Crippen LogP) is 2.45. The highest BCUT2D eigenvalue weighted by atomic mass is 16.5. The number of anilines is 1. The normalized spacial score (nSPS) is 10.6. The average molecular weight is 279 g/mol. The third-order valence-corrected chi connectivity index (χ3v) is 2.68. The molecule has 1 aromatic heterocycles. The lowest BCUT2D eigenvalue weighted by molar-refractivity contribution is 0.0754. The summed E-state index contributed by atoms with van der Waals surface area (Å²) in [5, 5.41) is 6.03. The molecular weight excluding hydrogens is 254 g/mol. The van der Waals surface area contributed by atoms with E-state index in [0.717, 1.165) is 31.7 Å². The molecule has 0 saturated heterocycles. The fourth-order valence-electron chi connectivity index (χ4n) is 1.71. The molecule has 1 aromatic rings. The van der Waals surface area contributed by atoms with Crippen molar-refractivity contribution in [1.29, 1.82) is 0 Å².